The maximum Gasteiger partial charge on any atom is 0.424 e. The Morgan fingerprint density at radius 2 is 1.68 bits per heavy atom. The zero-order valence-corrected chi connectivity index (χ0v) is 28.5. The molecule has 0 N–H and O–H groups in total. The lowest BCUT2D eigenvalue weighted by Gasteiger charge is -2.61. The summed E-state index contributed by atoms with van der Waals surface area (Å²) in [6.45, 7) is 12.0. The van der Waals surface area contributed by atoms with E-state index in [2.05, 4.69) is 57.5 Å². The van der Waals surface area contributed by atoms with Crippen LogP contribution < -0.4 is 0 Å². The van der Waals surface area contributed by atoms with E-state index in [4.69, 9.17) is 20.3 Å². The Kier molecular flexibility index (Phi) is 10.9. The van der Waals surface area contributed by atoms with Crippen LogP contribution in [0.1, 0.15) is 125 Å². The van der Waals surface area contributed by atoms with Gasteiger partial charge >= 0.3 is 6.95 Å². The van der Waals surface area contributed by atoms with E-state index in [1.165, 1.54) is 64.2 Å². The first kappa shape index (κ1) is 31.8. The highest BCUT2D eigenvalue weighted by molar-refractivity contribution is 9.09. The van der Waals surface area contributed by atoms with Crippen molar-refractivity contribution in [3.63, 3.8) is 0 Å². The maximum atomic E-state index is 12.7. The topological polar surface area (TPSA) is 35.5 Å². The van der Waals surface area contributed by atoms with Crippen LogP contribution in [0.25, 0.3) is 0 Å². The van der Waals surface area contributed by atoms with Crippen molar-refractivity contribution in [1.29, 1.82) is 0 Å². The fraction of sp³-hybridized carbons (Fsp3) is 1.00. The molecular formula is C32H57BrClO3P. The molecule has 11 atom stereocenters. The zero-order valence-electron chi connectivity index (χ0n) is 25.2. The minimum Gasteiger partial charge on any atom is -0.297 e. The second-order valence-electron chi connectivity index (χ2n) is 14.7. The summed E-state index contributed by atoms with van der Waals surface area (Å²) >= 11 is 9.58. The Balaban J connectivity index is 1.37. The van der Waals surface area contributed by atoms with Crippen molar-refractivity contribution in [2.75, 3.05) is 11.9 Å². The van der Waals surface area contributed by atoms with Crippen LogP contribution in [0.15, 0.2) is 0 Å². The van der Waals surface area contributed by atoms with Gasteiger partial charge in [-0.15, -0.1) is 0 Å². The summed E-state index contributed by atoms with van der Waals surface area (Å²) in [5.41, 5.74) is 0.938. The molecule has 0 saturated heterocycles. The van der Waals surface area contributed by atoms with E-state index >= 15 is 0 Å². The summed E-state index contributed by atoms with van der Waals surface area (Å²) in [5.74, 6) is 6.79. The molecule has 0 aromatic heterocycles. The highest BCUT2D eigenvalue weighted by Gasteiger charge is 2.60. The summed E-state index contributed by atoms with van der Waals surface area (Å²) in [6, 6.07) is 0. The van der Waals surface area contributed by atoms with E-state index in [-0.39, 0.29) is 6.10 Å². The molecule has 0 aliphatic heterocycles. The molecule has 4 aliphatic carbocycles. The number of rotatable bonds is 12. The first-order chi connectivity index (χ1) is 17.9. The van der Waals surface area contributed by atoms with E-state index in [1.54, 1.807) is 0 Å². The highest BCUT2D eigenvalue weighted by atomic mass is 79.9. The standard InChI is InChI=1S/C32H57BrClO3P/c1-7-24(22(2)3)10-9-23(4)28-13-14-29-27-12-11-25-21-26(37-38(34,35)36-20-8-19-33)15-17-31(25,5)30(27)16-18-32(28,29)6/h22-30H,7-21H2,1-6H3/t23-,24-,25?,26+,27?,28-,29?,30?,31+,32-,38?/m1/s1. The molecule has 0 aromatic carbocycles. The molecule has 0 aromatic rings. The van der Waals surface area contributed by atoms with Crippen LogP contribution in [0.5, 0.6) is 0 Å². The number of alkyl halides is 1. The normalized spacial score (nSPS) is 42.1. The third kappa shape index (κ3) is 6.61. The van der Waals surface area contributed by atoms with Crippen molar-refractivity contribution in [2.45, 2.75) is 131 Å². The van der Waals surface area contributed by atoms with E-state index in [0.29, 0.717) is 23.4 Å². The summed E-state index contributed by atoms with van der Waals surface area (Å²) in [7, 11) is 0. The van der Waals surface area contributed by atoms with Crippen molar-refractivity contribution in [3.8, 4) is 0 Å². The molecule has 38 heavy (non-hydrogen) atoms. The Labute approximate surface area is 248 Å². The first-order valence-corrected chi connectivity index (χ1v) is 19.7. The van der Waals surface area contributed by atoms with Crippen molar-refractivity contribution in [2.24, 2.45) is 58.2 Å². The van der Waals surface area contributed by atoms with Crippen molar-refractivity contribution in [3.05, 3.63) is 0 Å². The average molecular weight is 636 g/mol. The van der Waals surface area contributed by atoms with E-state index in [1.807, 2.05) is 0 Å². The van der Waals surface area contributed by atoms with Gasteiger partial charge < -0.3 is 0 Å². The van der Waals surface area contributed by atoms with Gasteiger partial charge in [0.2, 0.25) is 0 Å². The van der Waals surface area contributed by atoms with Gasteiger partial charge in [-0.1, -0.05) is 70.3 Å². The van der Waals surface area contributed by atoms with Crippen molar-refractivity contribution in [1.82, 2.24) is 0 Å². The maximum absolute atomic E-state index is 12.7. The van der Waals surface area contributed by atoms with Gasteiger partial charge in [-0.25, -0.2) is 4.57 Å². The summed E-state index contributed by atoms with van der Waals surface area (Å²) < 4.78 is 24.1. The third-order valence-corrected chi connectivity index (χ3v) is 14.8. The van der Waals surface area contributed by atoms with E-state index < -0.39 is 6.95 Å². The second-order valence-corrected chi connectivity index (χ2v) is 18.0. The van der Waals surface area contributed by atoms with Gasteiger partial charge in [0, 0.05) is 16.6 Å². The lowest BCUT2D eigenvalue weighted by molar-refractivity contribution is -0.127. The van der Waals surface area contributed by atoms with Gasteiger partial charge in [0.05, 0.1) is 12.7 Å². The molecule has 0 radical (unpaired) electrons. The monoisotopic (exact) mass is 634 g/mol. The van der Waals surface area contributed by atoms with Crippen LogP contribution >= 0.6 is 34.1 Å². The average Bonchev–Trinajstić information content (AvgIpc) is 3.21. The lowest BCUT2D eigenvalue weighted by atomic mass is 9.44. The molecule has 4 fully saturated rings. The number of halogens is 2. The molecule has 4 saturated carbocycles. The fourth-order valence-corrected chi connectivity index (χ4v) is 12.1. The van der Waals surface area contributed by atoms with Crippen molar-refractivity contribution >= 4 is 34.1 Å². The smallest absolute Gasteiger partial charge is 0.297 e. The van der Waals surface area contributed by atoms with Gasteiger partial charge in [0.1, 0.15) is 0 Å². The van der Waals surface area contributed by atoms with Gasteiger partial charge in [0.15, 0.2) is 0 Å². The number of hydrogen-bond acceptors (Lipinski definition) is 3. The van der Waals surface area contributed by atoms with Crippen LogP contribution in [0.4, 0.5) is 0 Å². The van der Waals surface area contributed by atoms with Crippen LogP contribution in [-0.4, -0.2) is 18.0 Å². The molecule has 0 bridgehead atoms. The van der Waals surface area contributed by atoms with Crippen LogP contribution in [0, 0.1) is 58.2 Å². The summed E-state index contributed by atoms with van der Waals surface area (Å²) in [6.07, 6.45) is 16.5. The Morgan fingerprint density at radius 3 is 2.37 bits per heavy atom. The van der Waals surface area contributed by atoms with Crippen LogP contribution in [0.2, 0.25) is 0 Å². The highest BCUT2D eigenvalue weighted by Crippen LogP contribution is 2.69. The Hall–Kier alpha value is 0.920. The van der Waals surface area contributed by atoms with Gasteiger partial charge in [-0.2, -0.15) is 0 Å². The largest absolute Gasteiger partial charge is 0.424 e. The predicted molar refractivity (Wildman–Crippen MR) is 165 cm³/mol. The van der Waals surface area contributed by atoms with Gasteiger partial charge in [-0.3, -0.25) is 9.05 Å². The summed E-state index contributed by atoms with van der Waals surface area (Å²) in [4.78, 5) is 0. The third-order valence-electron chi connectivity index (χ3n) is 12.6. The van der Waals surface area contributed by atoms with E-state index in [0.717, 1.165) is 66.0 Å². The molecule has 6 heteroatoms. The molecule has 0 heterocycles. The molecule has 222 valence electrons. The quantitative estimate of drug-likeness (QED) is 0.122. The molecular weight excluding hydrogens is 579 g/mol. The van der Waals surface area contributed by atoms with Gasteiger partial charge in [-0.05, 0) is 129 Å². The SMILES string of the molecule is CC[C@H](CC[C@@H](C)[C@H]1CCC2C3CCC4C[C@@H](OP(=O)(Cl)OCCCBr)CC[C@]4(C)C3CC[C@@]21C)C(C)C. The molecule has 0 amide bonds. The second kappa shape index (κ2) is 13.1. The predicted octanol–water partition coefficient (Wildman–Crippen LogP) is 11.3. The zero-order chi connectivity index (χ0) is 27.7. The molecule has 0 spiro atoms. The molecule has 3 nitrogen and oxygen atoms in total. The fourth-order valence-electron chi connectivity index (χ4n) is 10.4. The minimum atomic E-state index is -3.50. The Bertz CT molecular complexity index is 825. The Morgan fingerprint density at radius 1 is 0.974 bits per heavy atom. The van der Waals surface area contributed by atoms with Crippen LogP contribution in [0.3, 0.4) is 0 Å². The van der Waals surface area contributed by atoms with Crippen molar-refractivity contribution < 1.29 is 13.6 Å². The number of fused-ring (bicyclic) bond motifs is 5. The lowest BCUT2D eigenvalue weighted by Crippen LogP contribution is -2.54. The van der Waals surface area contributed by atoms with Gasteiger partial charge in [0.25, 0.3) is 0 Å². The molecule has 4 rings (SSSR count). The first-order valence-electron chi connectivity index (χ1n) is 16.1. The number of hydrogen-bond donors (Lipinski definition) is 0. The minimum absolute atomic E-state index is 0.0275. The molecule has 4 aliphatic rings. The molecule has 5 unspecified atom stereocenters. The van der Waals surface area contributed by atoms with E-state index in [9.17, 15) is 4.57 Å². The van der Waals surface area contributed by atoms with Crippen LogP contribution in [-0.2, 0) is 13.6 Å². The summed E-state index contributed by atoms with van der Waals surface area (Å²) in [5, 5.41) is 0.813.